The summed E-state index contributed by atoms with van der Waals surface area (Å²) >= 11 is 3.37. The quantitative estimate of drug-likeness (QED) is 0.702. The molecule has 2 aliphatic rings. The second kappa shape index (κ2) is 3.79. The summed E-state index contributed by atoms with van der Waals surface area (Å²) in [6, 6.07) is 0. The molecule has 1 aliphatic heterocycles. The fraction of sp³-hybridized carbons (Fsp3) is 0.778. The van der Waals surface area contributed by atoms with E-state index in [1.807, 2.05) is 0 Å². The fourth-order valence-corrected chi connectivity index (χ4v) is 2.39. The highest BCUT2D eigenvalue weighted by molar-refractivity contribution is 9.11. The molecule has 1 aliphatic carbocycles. The second-order valence-electron chi connectivity index (χ2n) is 3.60. The Morgan fingerprint density at radius 3 is 2.67 bits per heavy atom. The van der Waals surface area contributed by atoms with Gasteiger partial charge in [-0.15, -0.1) is 0 Å². The number of halogens is 1. The number of hydroxylamine groups is 1. The van der Waals surface area contributed by atoms with E-state index < -0.39 is 0 Å². The first-order valence-corrected chi connectivity index (χ1v) is 5.44. The second-order valence-corrected chi connectivity index (χ2v) is 4.45. The van der Waals surface area contributed by atoms with E-state index in [1.165, 1.54) is 32.1 Å². The average Bonchev–Trinajstić information content (AvgIpc) is 2.54. The molecule has 2 nitrogen and oxygen atoms in total. The van der Waals surface area contributed by atoms with Crippen molar-refractivity contribution in [1.82, 2.24) is 5.48 Å². The van der Waals surface area contributed by atoms with Crippen LogP contribution in [0, 0.1) is 5.92 Å². The molecular weight excluding hydrogens is 218 g/mol. The van der Waals surface area contributed by atoms with E-state index in [9.17, 15) is 0 Å². The highest BCUT2D eigenvalue weighted by Crippen LogP contribution is 2.30. The van der Waals surface area contributed by atoms with Gasteiger partial charge in [-0.2, -0.15) is 0 Å². The fourth-order valence-electron chi connectivity index (χ4n) is 2.03. The van der Waals surface area contributed by atoms with Gasteiger partial charge in [0.25, 0.3) is 0 Å². The van der Waals surface area contributed by atoms with Gasteiger partial charge in [-0.05, 0) is 40.8 Å². The molecule has 1 N–H and O–H groups in total. The standard InChI is InChI=1S/C9H14BrNO/c10-9-6-8(12-11-9)7-4-2-1-3-5-7/h6-8,11H,1-5H2. The first-order valence-electron chi connectivity index (χ1n) is 4.65. The van der Waals surface area contributed by atoms with Crippen molar-refractivity contribution >= 4 is 15.9 Å². The van der Waals surface area contributed by atoms with Crippen LogP contribution in [-0.2, 0) is 4.84 Å². The van der Waals surface area contributed by atoms with E-state index in [-0.39, 0.29) is 0 Å². The largest absolute Gasteiger partial charge is 0.268 e. The van der Waals surface area contributed by atoms with Crippen molar-refractivity contribution < 1.29 is 4.84 Å². The van der Waals surface area contributed by atoms with E-state index in [1.54, 1.807) is 0 Å². The van der Waals surface area contributed by atoms with Gasteiger partial charge >= 0.3 is 0 Å². The molecule has 0 spiro atoms. The summed E-state index contributed by atoms with van der Waals surface area (Å²) in [5.74, 6) is 0.737. The predicted molar refractivity (Wildman–Crippen MR) is 51.6 cm³/mol. The minimum absolute atomic E-state index is 0.305. The summed E-state index contributed by atoms with van der Waals surface area (Å²) in [5, 5.41) is 0. The summed E-state index contributed by atoms with van der Waals surface area (Å²) < 4.78 is 0.984. The molecule has 68 valence electrons. The van der Waals surface area contributed by atoms with Crippen LogP contribution in [-0.4, -0.2) is 6.10 Å². The predicted octanol–water partition coefficient (Wildman–Crippen LogP) is 2.71. The Morgan fingerprint density at radius 2 is 2.08 bits per heavy atom. The summed E-state index contributed by atoms with van der Waals surface area (Å²) in [6.07, 6.45) is 9.23. The van der Waals surface area contributed by atoms with Crippen LogP contribution in [0.15, 0.2) is 10.7 Å². The van der Waals surface area contributed by atoms with Crippen LogP contribution in [0.5, 0.6) is 0 Å². The van der Waals surface area contributed by atoms with Gasteiger partial charge in [-0.3, -0.25) is 10.3 Å². The molecule has 1 saturated carbocycles. The first-order chi connectivity index (χ1) is 5.86. The molecule has 1 unspecified atom stereocenters. The van der Waals surface area contributed by atoms with Crippen molar-refractivity contribution in [2.75, 3.05) is 0 Å². The van der Waals surface area contributed by atoms with Crippen LogP contribution in [0.1, 0.15) is 32.1 Å². The SMILES string of the molecule is BrC1=CC(C2CCCCC2)ON1. The van der Waals surface area contributed by atoms with Gasteiger partial charge in [-0.1, -0.05) is 19.3 Å². The molecule has 1 heterocycles. The molecule has 1 atom stereocenters. The van der Waals surface area contributed by atoms with Gasteiger partial charge in [0.1, 0.15) is 10.7 Å². The molecule has 0 bridgehead atoms. The third-order valence-electron chi connectivity index (χ3n) is 2.72. The minimum Gasteiger partial charge on any atom is -0.268 e. The molecule has 0 amide bonds. The lowest BCUT2D eigenvalue weighted by atomic mass is 9.85. The molecule has 0 aromatic heterocycles. The topological polar surface area (TPSA) is 21.3 Å². The van der Waals surface area contributed by atoms with Gasteiger partial charge in [0.15, 0.2) is 0 Å². The number of nitrogens with one attached hydrogen (secondary N) is 1. The molecule has 0 aromatic rings. The van der Waals surface area contributed by atoms with Crippen molar-refractivity contribution in [3.05, 3.63) is 10.7 Å². The first kappa shape index (κ1) is 8.57. The molecule has 2 rings (SSSR count). The number of hydrogen-bond donors (Lipinski definition) is 1. The van der Waals surface area contributed by atoms with Gasteiger partial charge < -0.3 is 0 Å². The van der Waals surface area contributed by atoms with Gasteiger partial charge in [0, 0.05) is 0 Å². The summed E-state index contributed by atoms with van der Waals surface area (Å²) in [4.78, 5) is 5.42. The smallest absolute Gasteiger partial charge is 0.109 e. The van der Waals surface area contributed by atoms with Crippen molar-refractivity contribution in [3.8, 4) is 0 Å². The Bertz CT molecular complexity index is 187. The molecule has 1 fully saturated rings. The third-order valence-corrected chi connectivity index (χ3v) is 3.14. The molecule has 0 aromatic carbocycles. The maximum absolute atomic E-state index is 5.42. The lowest BCUT2D eigenvalue weighted by Gasteiger charge is -2.24. The number of hydrogen-bond acceptors (Lipinski definition) is 2. The third kappa shape index (κ3) is 1.83. The van der Waals surface area contributed by atoms with Crippen LogP contribution in [0.25, 0.3) is 0 Å². The van der Waals surface area contributed by atoms with Crippen LogP contribution in [0.4, 0.5) is 0 Å². The van der Waals surface area contributed by atoms with Crippen LogP contribution < -0.4 is 5.48 Å². The van der Waals surface area contributed by atoms with Gasteiger partial charge in [0.2, 0.25) is 0 Å². The Hall–Kier alpha value is -0.0200. The van der Waals surface area contributed by atoms with Crippen molar-refractivity contribution in [2.45, 2.75) is 38.2 Å². The summed E-state index contributed by atoms with van der Waals surface area (Å²) in [7, 11) is 0. The van der Waals surface area contributed by atoms with E-state index in [0.29, 0.717) is 6.10 Å². The highest BCUT2D eigenvalue weighted by atomic mass is 79.9. The molecule has 3 heteroatoms. The molecule has 0 radical (unpaired) electrons. The van der Waals surface area contributed by atoms with Crippen molar-refractivity contribution in [3.63, 3.8) is 0 Å². The van der Waals surface area contributed by atoms with Crippen LogP contribution >= 0.6 is 15.9 Å². The van der Waals surface area contributed by atoms with E-state index in [2.05, 4.69) is 27.5 Å². The van der Waals surface area contributed by atoms with Crippen LogP contribution in [0.2, 0.25) is 0 Å². The monoisotopic (exact) mass is 231 g/mol. The van der Waals surface area contributed by atoms with E-state index in [0.717, 1.165) is 10.5 Å². The summed E-state index contributed by atoms with van der Waals surface area (Å²) in [6.45, 7) is 0. The minimum atomic E-state index is 0.305. The Labute approximate surface area is 81.4 Å². The van der Waals surface area contributed by atoms with Crippen molar-refractivity contribution in [1.29, 1.82) is 0 Å². The Kier molecular flexibility index (Phi) is 2.71. The van der Waals surface area contributed by atoms with Crippen molar-refractivity contribution in [2.24, 2.45) is 5.92 Å². The molecular formula is C9H14BrNO. The summed E-state index contributed by atoms with van der Waals surface area (Å²) in [5.41, 5.74) is 2.84. The van der Waals surface area contributed by atoms with Gasteiger partial charge in [-0.25, -0.2) is 0 Å². The molecule has 0 saturated heterocycles. The van der Waals surface area contributed by atoms with E-state index >= 15 is 0 Å². The normalized spacial score (nSPS) is 31.4. The Morgan fingerprint density at radius 1 is 1.33 bits per heavy atom. The van der Waals surface area contributed by atoms with E-state index in [4.69, 9.17) is 4.84 Å². The van der Waals surface area contributed by atoms with Crippen LogP contribution in [0.3, 0.4) is 0 Å². The lowest BCUT2D eigenvalue weighted by molar-refractivity contribution is 0.00240. The zero-order valence-corrected chi connectivity index (χ0v) is 8.64. The maximum Gasteiger partial charge on any atom is 0.109 e. The molecule has 12 heavy (non-hydrogen) atoms. The zero-order valence-electron chi connectivity index (χ0n) is 7.05. The number of rotatable bonds is 1. The average molecular weight is 232 g/mol. The lowest BCUT2D eigenvalue weighted by Crippen LogP contribution is -2.23. The Balaban J connectivity index is 1.91. The maximum atomic E-state index is 5.42. The highest BCUT2D eigenvalue weighted by Gasteiger charge is 2.26. The van der Waals surface area contributed by atoms with Gasteiger partial charge in [0.05, 0.1) is 0 Å². The zero-order chi connectivity index (χ0) is 8.39.